The predicted molar refractivity (Wildman–Crippen MR) is 109 cm³/mol. The molecule has 1 saturated carbocycles. The summed E-state index contributed by atoms with van der Waals surface area (Å²) in [6, 6.07) is 4.09. The molecule has 0 saturated heterocycles. The zero-order valence-corrected chi connectivity index (χ0v) is 17.1. The van der Waals surface area contributed by atoms with Crippen LogP contribution in [0.15, 0.2) is 24.3 Å². The lowest BCUT2D eigenvalue weighted by Gasteiger charge is -2.30. The van der Waals surface area contributed by atoms with E-state index >= 15 is 0 Å². The zero-order valence-electron chi connectivity index (χ0n) is 17.1. The maximum absolute atomic E-state index is 13.0. The zero-order chi connectivity index (χ0) is 20.7. The molecule has 2 atom stereocenters. The Morgan fingerprint density at radius 1 is 1.04 bits per heavy atom. The summed E-state index contributed by atoms with van der Waals surface area (Å²) in [5, 5.41) is 5.85. The third-order valence-corrected chi connectivity index (χ3v) is 5.21. The molecule has 2 unspecified atom stereocenters. The Morgan fingerprint density at radius 2 is 1.61 bits per heavy atom. The van der Waals surface area contributed by atoms with Crippen LogP contribution in [0, 0.1) is 32.6 Å². The normalized spacial score (nSPS) is 19.3. The number of carbonyl (C=O) groups excluding carboxylic acids is 3. The van der Waals surface area contributed by atoms with E-state index in [1.807, 2.05) is 32.9 Å². The number of hydrogen-bond acceptors (Lipinski definition) is 4. The van der Waals surface area contributed by atoms with Crippen molar-refractivity contribution < 1.29 is 19.1 Å². The third kappa shape index (κ3) is 5.68. The van der Waals surface area contributed by atoms with Gasteiger partial charge in [0.1, 0.15) is 0 Å². The summed E-state index contributed by atoms with van der Waals surface area (Å²) in [5.41, 5.74) is 4.04. The fraction of sp³-hybridized carbons (Fsp3) is 0.500. The molecule has 1 aliphatic rings. The Morgan fingerprint density at radius 3 is 2.18 bits per heavy atom. The number of esters is 1. The summed E-state index contributed by atoms with van der Waals surface area (Å²) >= 11 is 0. The molecule has 152 valence electrons. The number of methoxy groups -OCH3 is 1. The highest BCUT2D eigenvalue weighted by Gasteiger charge is 2.35. The molecule has 6 heteroatoms. The number of nitrogens with one attached hydrogen (secondary N) is 2. The van der Waals surface area contributed by atoms with Gasteiger partial charge >= 0.3 is 5.97 Å². The largest absolute Gasteiger partial charge is 0.466 e. The highest BCUT2D eigenvalue weighted by atomic mass is 16.5. The summed E-state index contributed by atoms with van der Waals surface area (Å²) in [6.45, 7) is 6.22. The SMILES string of the molecule is COC(=O)/C=C/CNC(=O)C1CCCCC1C(=O)Nc1c(C)cc(C)cc1C. The molecule has 6 nitrogen and oxygen atoms in total. The fourth-order valence-electron chi connectivity index (χ4n) is 3.87. The van der Waals surface area contributed by atoms with E-state index in [1.54, 1.807) is 6.08 Å². The lowest BCUT2D eigenvalue weighted by atomic mass is 9.78. The van der Waals surface area contributed by atoms with Crippen molar-refractivity contribution >= 4 is 23.5 Å². The average Bonchev–Trinajstić information content (AvgIpc) is 2.67. The Labute approximate surface area is 166 Å². The standard InChI is InChI=1S/C22H30N2O4/c1-14-12-15(2)20(16(3)13-14)24-22(27)18-9-6-5-8-17(18)21(26)23-11-7-10-19(25)28-4/h7,10,12-13,17-18H,5-6,8-9,11H2,1-4H3,(H,23,26)(H,24,27)/b10-7+. The van der Waals surface area contributed by atoms with E-state index in [0.29, 0.717) is 12.8 Å². The van der Waals surface area contributed by atoms with Gasteiger partial charge in [-0.25, -0.2) is 4.79 Å². The van der Waals surface area contributed by atoms with Crippen molar-refractivity contribution in [3.8, 4) is 0 Å². The molecule has 0 spiro atoms. The van der Waals surface area contributed by atoms with Gasteiger partial charge < -0.3 is 15.4 Å². The second kappa shape index (κ2) is 10.1. The van der Waals surface area contributed by atoms with E-state index in [1.165, 1.54) is 13.2 Å². The highest BCUT2D eigenvalue weighted by Crippen LogP contribution is 2.32. The second-order valence-corrected chi connectivity index (χ2v) is 7.43. The van der Waals surface area contributed by atoms with Crippen LogP contribution in [0.1, 0.15) is 42.4 Å². The molecule has 0 aromatic heterocycles. The number of aryl methyl sites for hydroxylation is 3. The maximum Gasteiger partial charge on any atom is 0.330 e. The van der Waals surface area contributed by atoms with Crippen molar-refractivity contribution in [2.75, 3.05) is 19.0 Å². The van der Waals surface area contributed by atoms with Gasteiger partial charge in [0.05, 0.1) is 7.11 Å². The van der Waals surface area contributed by atoms with Crippen molar-refractivity contribution in [1.82, 2.24) is 5.32 Å². The molecule has 0 bridgehead atoms. The van der Waals surface area contributed by atoms with E-state index in [4.69, 9.17) is 0 Å². The van der Waals surface area contributed by atoms with Crippen LogP contribution in [-0.4, -0.2) is 31.4 Å². The number of carbonyl (C=O) groups is 3. The Bertz CT molecular complexity index is 747. The van der Waals surface area contributed by atoms with Crippen LogP contribution in [0.4, 0.5) is 5.69 Å². The topological polar surface area (TPSA) is 84.5 Å². The van der Waals surface area contributed by atoms with Crippen LogP contribution in [0.3, 0.4) is 0 Å². The first-order chi connectivity index (χ1) is 13.3. The first-order valence-corrected chi connectivity index (χ1v) is 9.74. The molecule has 1 aromatic carbocycles. The van der Waals surface area contributed by atoms with Gasteiger partial charge in [-0.15, -0.1) is 0 Å². The average molecular weight is 386 g/mol. The summed E-state index contributed by atoms with van der Waals surface area (Å²) in [4.78, 5) is 36.7. The summed E-state index contributed by atoms with van der Waals surface area (Å²) in [6.07, 6.45) is 6.08. The molecular formula is C22H30N2O4. The molecule has 1 aliphatic carbocycles. The van der Waals surface area contributed by atoms with Crippen molar-refractivity contribution in [2.24, 2.45) is 11.8 Å². The summed E-state index contributed by atoms with van der Waals surface area (Å²) < 4.78 is 4.51. The Balaban J connectivity index is 2.03. The number of ether oxygens (including phenoxy) is 1. The first kappa shape index (κ1) is 21.7. The minimum atomic E-state index is -0.465. The molecule has 1 fully saturated rings. The van der Waals surface area contributed by atoms with E-state index in [9.17, 15) is 14.4 Å². The van der Waals surface area contributed by atoms with Gasteiger partial charge in [0, 0.05) is 30.1 Å². The summed E-state index contributed by atoms with van der Waals surface area (Å²) in [5.74, 6) is -1.41. The number of amides is 2. The Hall–Kier alpha value is -2.63. The first-order valence-electron chi connectivity index (χ1n) is 9.74. The second-order valence-electron chi connectivity index (χ2n) is 7.43. The van der Waals surface area contributed by atoms with Gasteiger partial charge in [-0.3, -0.25) is 9.59 Å². The van der Waals surface area contributed by atoms with Gasteiger partial charge in [-0.2, -0.15) is 0 Å². The van der Waals surface area contributed by atoms with Crippen LogP contribution in [0.2, 0.25) is 0 Å². The van der Waals surface area contributed by atoms with Crippen molar-refractivity contribution in [3.05, 3.63) is 41.0 Å². The van der Waals surface area contributed by atoms with Crippen LogP contribution in [-0.2, 0) is 19.1 Å². The van der Waals surface area contributed by atoms with Gasteiger partial charge in [0.15, 0.2) is 0 Å². The lowest BCUT2D eigenvalue weighted by Crippen LogP contribution is -2.41. The molecule has 0 heterocycles. The monoisotopic (exact) mass is 386 g/mol. The van der Waals surface area contributed by atoms with Gasteiger partial charge in [0.2, 0.25) is 11.8 Å². The quantitative estimate of drug-likeness (QED) is 0.581. The Kier molecular flexibility index (Phi) is 7.79. The van der Waals surface area contributed by atoms with Gasteiger partial charge in [-0.05, 0) is 44.7 Å². The smallest absolute Gasteiger partial charge is 0.330 e. The highest BCUT2D eigenvalue weighted by molar-refractivity contribution is 5.97. The fourth-order valence-corrected chi connectivity index (χ4v) is 3.87. The van der Waals surface area contributed by atoms with E-state index in [2.05, 4.69) is 15.4 Å². The molecule has 2 rings (SSSR count). The van der Waals surface area contributed by atoms with E-state index in [0.717, 1.165) is 35.2 Å². The number of hydrogen-bond donors (Lipinski definition) is 2. The van der Waals surface area contributed by atoms with E-state index < -0.39 is 5.97 Å². The summed E-state index contributed by atoms with van der Waals surface area (Å²) in [7, 11) is 1.30. The molecule has 1 aromatic rings. The van der Waals surface area contributed by atoms with E-state index in [-0.39, 0.29) is 30.2 Å². The molecule has 0 aliphatic heterocycles. The maximum atomic E-state index is 13.0. The van der Waals surface area contributed by atoms with Crippen LogP contribution in [0.25, 0.3) is 0 Å². The van der Waals surface area contributed by atoms with Crippen LogP contribution in [0.5, 0.6) is 0 Å². The molecular weight excluding hydrogens is 356 g/mol. The van der Waals surface area contributed by atoms with Gasteiger partial charge in [-0.1, -0.05) is 36.6 Å². The van der Waals surface area contributed by atoms with Crippen molar-refractivity contribution in [2.45, 2.75) is 46.5 Å². The number of rotatable bonds is 6. The predicted octanol–water partition coefficient (Wildman–Crippen LogP) is 3.20. The molecule has 2 N–H and O–H groups in total. The number of benzene rings is 1. The number of anilines is 1. The van der Waals surface area contributed by atoms with Crippen LogP contribution >= 0.6 is 0 Å². The molecule has 0 radical (unpaired) electrons. The van der Waals surface area contributed by atoms with Gasteiger partial charge in [0.25, 0.3) is 0 Å². The lowest BCUT2D eigenvalue weighted by molar-refractivity contribution is -0.135. The molecule has 28 heavy (non-hydrogen) atoms. The minimum Gasteiger partial charge on any atom is -0.466 e. The van der Waals surface area contributed by atoms with Crippen LogP contribution < -0.4 is 10.6 Å². The molecule has 2 amide bonds. The van der Waals surface area contributed by atoms with Crippen molar-refractivity contribution in [3.63, 3.8) is 0 Å². The van der Waals surface area contributed by atoms with Crippen molar-refractivity contribution in [1.29, 1.82) is 0 Å². The third-order valence-electron chi connectivity index (χ3n) is 5.21. The minimum absolute atomic E-state index is 0.0972.